The van der Waals surface area contributed by atoms with Gasteiger partial charge in [-0.2, -0.15) is 0 Å². The monoisotopic (exact) mass is 692 g/mol. The second-order valence-corrected chi connectivity index (χ2v) is 17.7. The lowest BCUT2D eigenvalue weighted by molar-refractivity contribution is 1.21. The number of hydrogen-bond acceptors (Lipinski definition) is 2. The Balaban J connectivity index is 1.07. The van der Waals surface area contributed by atoms with E-state index in [-0.39, 0.29) is 21.8 Å². The quantitative estimate of drug-likeness (QED) is 0.131. The lowest BCUT2D eigenvalue weighted by Crippen LogP contribution is -2.05. The van der Waals surface area contributed by atoms with Crippen molar-refractivity contribution in [3.8, 4) is 0 Å². The van der Waals surface area contributed by atoms with Gasteiger partial charge < -0.3 is 0 Å². The first-order valence-corrected chi connectivity index (χ1v) is 20.1. The molecule has 0 aliphatic heterocycles. The van der Waals surface area contributed by atoms with E-state index in [9.17, 15) is 0 Å². The Morgan fingerprint density at radius 2 is 0.604 bits per heavy atom. The topological polar surface area (TPSA) is 0 Å². The molecule has 0 atom stereocenters. The molecule has 0 radical (unpaired) electrons. The van der Waals surface area contributed by atoms with Gasteiger partial charge in [-0.1, -0.05) is 96.3 Å². The van der Waals surface area contributed by atoms with E-state index in [2.05, 4.69) is 196 Å². The SMILES string of the molecule is Cc1cc([S+](c2ccccc2)c2ccccc2)ccc1Sc1ccc(Sc2ccc([S+](c3ccccc3)c3ccccc3)cc2C)cc1. The Morgan fingerprint density at radius 3 is 0.875 bits per heavy atom. The van der Waals surface area contributed by atoms with Gasteiger partial charge in [-0.25, -0.2) is 0 Å². The van der Waals surface area contributed by atoms with Crippen LogP contribution < -0.4 is 0 Å². The second-order valence-electron chi connectivity index (χ2n) is 11.4. The van der Waals surface area contributed by atoms with Gasteiger partial charge >= 0.3 is 0 Å². The molecule has 0 unspecified atom stereocenters. The van der Waals surface area contributed by atoms with E-state index in [0.717, 1.165) is 0 Å². The average molecular weight is 693 g/mol. The summed E-state index contributed by atoms with van der Waals surface area (Å²) < 4.78 is 0. The van der Waals surface area contributed by atoms with Crippen LogP contribution >= 0.6 is 23.5 Å². The van der Waals surface area contributed by atoms with Gasteiger partial charge in [-0.3, -0.25) is 0 Å². The first-order chi connectivity index (χ1) is 23.6. The lowest BCUT2D eigenvalue weighted by atomic mass is 10.2. The van der Waals surface area contributed by atoms with E-state index in [1.165, 1.54) is 60.1 Å². The van der Waals surface area contributed by atoms with Gasteiger partial charge in [0.2, 0.25) is 0 Å². The third kappa shape index (κ3) is 7.64. The van der Waals surface area contributed by atoms with Crippen molar-refractivity contribution in [3.05, 3.63) is 193 Å². The Hall–Kier alpha value is -4.06. The largest absolute Gasteiger partial charge is 0.166 e. The summed E-state index contributed by atoms with van der Waals surface area (Å²) in [6.45, 7) is 4.47. The summed E-state index contributed by atoms with van der Waals surface area (Å²) in [6, 6.07) is 66.5. The fraction of sp³-hybridized carbons (Fsp3) is 0.0455. The highest BCUT2D eigenvalue weighted by Gasteiger charge is 2.30. The van der Waals surface area contributed by atoms with E-state index >= 15 is 0 Å². The van der Waals surface area contributed by atoms with Gasteiger partial charge in [0, 0.05) is 19.6 Å². The van der Waals surface area contributed by atoms with Crippen LogP contribution in [-0.2, 0) is 21.8 Å². The normalized spacial score (nSPS) is 11.2. The summed E-state index contributed by atoms with van der Waals surface area (Å²) in [7, 11) is -0.280. The molecule has 0 aliphatic rings. The van der Waals surface area contributed by atoms with Crippen LogP contribution in [0.5, 0.6) is 0 Å². The van der Waals surface area contributed by atoms with Gasteiger partial charge in [0.05, 0.1) is 21.8 Å². The molecule has 0 fully saturated rings. The van der Waals surface area contributed by atoms with Crippen LogP contribution in [-0.4, -0.2) is 0 Å². The summed E-state index contributed by atoms with van der Waals surface area (Å²) in [5.74, 6) is 0. The molecule has 0 amide bonds. The maximum atomic E-state index is 2.38. The summed E-state index contributed by atoms with van der Waals surface area (Å²) >= 11 is 3.68. The minimum atomic E-state index is -0.140. The van der Waals surface area contributed by atoms with Crippen molar-refractivity contribution in [2.45, 2.75) is 62.8 Å². The van der Waals surface area contributed by atoms with E-state index < -0.39 is 0 Å². The fourth-order valence-electron chi connectivity index (χ4n) is 5.60. The molecule has 0 spiro atoms. The van der Waals surface area contributed by atoms with Crippen LogP contribution in [0.15, 0.2) is 231 Å². The van der Waals surface area contributed by atoms with E-state index in [1.807, 2.05) is 23.5 Å². The highest BCUT2D eigenvalue weighted by Crippen LogP contribution is 2.39. The maximum Gasteiger partial charge on any atom is 0.166 e. The van der Waals surface area contributed by atoms with Crippen molar-refractivity contribution < 1.29 is 0 Å². The molecule has 0 bridgehead atoms. The van der Waals surface area contributed by atoms with Crippen molar-refractivity contribution in [3.63, 3.8) is 0 Å². The van der Waals surface area contributed by atoms with Crippen molar-refractivity contribution >= 4 is 45.3 Å². The van der Waals surface area contributed by atoms with Gasteiger partial charge in [-0.05, 0) is 134 Å². The molecule has 0 saturated carbocycles. The molecular formula is C44H36S4+2. The molecule has 0 aliphatic carbocycles. The standard InChI is InChI=1S/C44H36S4/c1-33-31-41(47(37-15-7-3-8-16-37)38-17-9-4-10-18-38)27-29-43(33)45-35-23-25-36(26-24-35)46-44-30-28-42(32-34(44)2)48(39-19-11-5-12-20-39)40-21-13-6-14-22-40/h3-32H,1-2H3/q+2. The predicted octanol–water partition coefficient (Wildman–Crippen LogP) is 12.8. The van der Waals surface area contributed by atoms with Crippen LogP contribution in [0.2, 0.25) is 0 Å². The van der Waals surface area contributed by atoms with E-state index in [1.54, 1.807) is 0 Å². The smallest absolute Gasteiger partial charge is 0.0898 e. The Labute approximate surface area is 299 Å². The van der Waals surface area contributed by atoms with Gasteiger partial charge in [0.1, 0.15) is 0 Å². The molecule has 48 heavy (non-hydrogen) atoms. The average Bonchev–Trinajstić information content (AvgIpc) is 3.13. The minimum absolute atomic E-state index is 0.140. The summed E-state index contributed by atoms with van der Waals surface area (Å²) in [5, 5.41) is 0. The Morgan fingerprint density at radius 1 is 0.312 bits per heavy atom. The summed E-state index contributed by atoms with van der Waals surface area (Å²) in [5.41, 5.74) is 2.61. The first kappa shape index (κ1) is 32.5. The second kappa shape index (κ2) is 15.4. The van der Waals surface area contributed by atoms with Crippen LogP contribution in [0.1, 0.15) is 11.1 Å². The van der Waals surface area contributed by atoms with Gasteiger partial charge in [0.15, 0.2) is 29.4 Å². The Kier molecular flexibility index (Phi) is 10.4. The fourth-order valence-corrected chi connectivity index (χ4v) is 11.7. The number of aryl methyl sites for hydroxylation is 2. The molecule has 234 valence electrons. The van der Waals surface area contributed by atoms with E-state index in [0.29, 0.717) is 0 Å². The third-order valence-corrected chi connectivity index (χ3v) is 14.8. The predicted molar refractivity (Wildman–Crippen MR) is 207 cm³/mol. The molecule has 7 aromatic rings. The molecular weight excluding hydrogens is 657 g/mol. The van der Waals surface area contributed by atoms with Crippen molar-refractivity contribution in [1.29, 1.82) is 0 Å². The zero-order chi connectivity index (χ0) is 32.7. The molecule has 0 nitrogen and oxygen atoms in total. The van der Waals surface area contributed by atoms with Crippen LogP contribution in [0, 0.1) is 13.8 Å². The van der Waals surface area contributed by atoms with Crippen LogP contribution in [0.3, 0.4) is 0 Å². The molecule has 0 N–H and O–H groups in total. The van der Waals surface area contributed by atoms with Crippen LogP contribution in [0.25, 0.3) is 0 Å². The number of rotatable bonds is 10. The van der Waals surface area contributed by atoms with Gasteiger partial charge in [0.25, 0.3) is 0 Å². The molecule has 0 saturated heterocycles. The lowest BCUT2D eigenvalue weighted by Gasteiger charge is -2.12. The first-order valence-electron chi connectivity index (χ1n) is 16.0. The zero-order valence-electron chi connectivity index (χ0n) is 27.0. The molecule has 0 heterocycles. The summed E-state index contributed by atoms with van der Waals surface area (Å²) in [4.78, 5) is 13.2. The minimum Gasteiger partial charge on any atom is -0.0898 e. The third-order valence-electron chi connectivity index (χ3n) is 7.96. The van der Waals surface area contributed by atoms with Crippen molar-refractivity contribution in [2.24, 2.45) is 0 Å². The van der Waals surface area contributed by atoms with Gasteiger partial charge in [-0.15, -0.1) is 0 Å². The highest BCUT2D eigenvalue weighted by molar-refractivity contribution is 8.00. The molecule has 0 aromatic heterocycles. The highest BCUT2D eigenvalue weighted by atomic mass is 32.2. The molecule has 7 aromatic carbocycles. The maximum absolute atomic E-state index is 2.38. The van der Waals surface area contributed by atoms with E-state index in [4.69, 9.17) is 0 Å². The molecule has 7 rings (SSSR count). The zero-order valence-corrected chi connectivity index (χ0v) is 30.2. The van der Waals surface area contributed by atoms with Crippen molar-refractivity contribution in [2.75, 3.05) is 0 Å². The number of hydrogen-bond donors (Lipinski definition) is 0. The molecule has 4 heteroatoms. The Bertz CT molecular complexity index is 1850. The van der Waals surface area contributed by atoms with Crippen LogP contribution in [0.4, 0.5) is 0 Å². The number of benzene rings is 7. The summed E-state index contributed by atoms with van der Waals surface area (Å²) in [6.07, 6.45) is 0. The van der Waals surface area contributed by atoms with Crippen molar-refractivity contribution in [1.82, 2.24) is 0 Å².